The smallest absolute Gasteiger partial charge is 0.410 e. The van der Waals surface area contributed by atoms with Crippen molar-refractivity contribution >= 4 is 6.09 Å². The minimum absolute atomic E-state index is 0.0196. The second-order valence-electron chi connectivity index (χ2n) is 7.17. The first-order valence-electron chi connectivity index (χ1n) is 9.77. The molecule has 3 atom stereocenters. The predicted octanol–water partition coefficient (Wildman–Crippen LogP) is 3.19. The van der Waals surface area contributed by atoms with E-state index in [1.54, 1.807) is 31.4 Å². The van der Waals surface area contributed by atoms with Gasteiger partial charge in [-0.1, -0.05) is 42.5 Å². The van der Waals surface area contributed by atoms with Crippen molar-refractivity contribution in [3.05, 3.63) is 65.7 Å². The van der Waals surface area contributed by atoms with E-state index in [4.69, 9.17) is 9.47 Å². The highest BCUT2D eigenvalue weighted by Crippen LogP contribution is 2.30. The lowest BCUT2D eigenvalue weighted by Gasteiger charge is -2.29. The summed E-state index contributed by atoms with van der Waals surface area (Å²) in [5, 5.41) is 13.1. The van der Waals surface area contributed by atoms with Crippen molar-refractivity contribution in [2.75, 3.05) is 13.7 Å². The number of benzene rings is 2. The number of likely N-dealkylation sites (tertiary alicyclic amines) is 1. The number of hydrogen-bond acceptors (Lipinski definition) is 5. The number of halogens is 2. The van der Waals surface area contributed by atoms with Crippen LogP contribution in [0.3, 0.4) is 0 Å². The Bertz CT molecular complexity index is 805. The summed E-state index contributed by atoms with van der Waals surface area (Å²) in [4.78, 5) is 13.6. The Balaban J connectivity index is 1.65. The maximum absolute atomic E-state index is 13.7. The van der Waals surface area contributed by atoms with E-state index in [1.807, 2.05) is 30.3 Å². The topological polar surface area (TPSA) is 71.0 Å². The van der Waals surface area contributed by atoms with Gasteiger partial charge in [0.2, 0.25) is 0 Å². The number of methoxy groups -OCH3 is 1. The third kappa shape index (κ3) is 5.25. The van der Waals surface area contributed by atoms with Gasteiger partial charge in [0.15, 0.2) is 0 Å². The van der Waals surface area contributed by atoms with Crippen molar-refractivity contribution < 1.29 is 28.2 Å². The van der Waals surface area contributed by atoms with Crippen LogP contribution in [0.1, 0.15) is 17.5 Å². The first kappa shape index (κ1) is 22.0. The number of alkyl halides is 2. The molecule has 1 heterocycles. The Hall–Kier alpha value is -2.71. The fourth-order valence-electron chi connectivity index (χ4n) is 3.69. The van der Waals surface area contributed by atoms with Gasteiger partial charge in [-0.15, -0.1) is 0 Å². The molecule has 3 rings (SSSR count). The molecule has 1 saturated heterocycles. The quantitative estimate of drug-likeness (QED) is 0.686. The van der Waals surface area contributed by atoms with Gasteiger partial charge >= 0.3 is 6.09 Å². The summed E-state index contributed by atoms with van der Waals surface area (Å²) >= 11 is 0. The second-order valence-corrected chi connectivity index (χ2v) is 7.17. The molecule has 2 aromatic rings. The lowest BCUT2D eigenvalue weighted by atomic mass is 10.1. The van der Waals surface area contributed by atoms with Gasteiger partial charge in [-0.25, -0.2) is 13.6 Å². The highest BCUT2D eigenvalue weighted by molar-refractivity contribution is 5.69. The third-order valence-electron chi connectivity index (χ3n) is 5.30. The number of aliphatic hydroxyl groups is 1. The van der Waals surface area contributed by atoms with Gasteiger partial charge in [0.05, 0.1) is 25.8 Å². The first-order valence-corrected chi connectivity index (χ1v) is 9.77. The molecule has 0 saturated carbocycles. The Kier molecular flexibility index (Phi) is 7.59. The van der Waals surface area contributed by atoms with E-state index in [-0.39, 0.29) is 13.0 Å². The van der Waals surface area contributed by atoms with Crippen LogP contribution in [0.15, 0.2) is 54.6 Å². The highest BCUT2D eigenvalue weighted by atomic mass is 19.3. The van der Waals surface area contributed by atoms with Gasteiger partial charge < -0.3 is 19.9 Å². The monoisotopic (exact) mass is 420 g/mol. The summed E-state index contributed by atoms with van der Waals surface area (Å²) in [6, 6.07) is 13.7. The van der Waals surface area contributed by atoms with Gasteiger partial charge in [-0.2, -0.15) is 0 Å². The largest absolute Gasteiger partial charge is 0.497 e. The summed E-state index contributed by atoms with van der Waals surface area (Å²) in [5.41, 5.74) is 1.69. The molecule has 0 radical (unpaired) electrons. The Labute approximate surface area is 174 Å². The van der Waals surface area contributed by atoms with E-state index in [1.165, 1.54) is 0 Å². The Morgan fingerprint density at radius 3 is 2.47 bits per heavy atom. The van der Waals surface area contributed by atoms with Crippen molar-refractivity contribution in [1.82, 2.24) is 10.2 Å². The second kappa shape index (κ2) is 10.4. The number of nitrogens with one attached hydrogen (secondary N) is 1. The lowest BCUT2D eigenvalue weighted by molar-refractivity contribution is 0.0116. The summed E-state index contributed by atoms with van der Waals surface area (Å²) < 4.78 is 37.7. The van der Waals surface area contributed by atoms with E-state index < -0.39 is 37.3 Å². The standard InChI is InChI=1S/C22H26F2N2O4/c1-29-17-9-7-15(8-10-17)12-25-18-11-19(21(23)24)26(20(18)13-27)22(28)30-14-16-5-3-2-4-6-16/h2-10,18-21,25,27H,11-14H2,1H3/t18-,19-,20-/m0/s1. The number of hydrogen-bond donors (Lipinski definition) is 2. The van der Waals surface area contributed by atoms with E-state index in [0.717, 1.165) is 21.8 Å². The number of ether oxygens (including phenoxy) is 2. The van der Waals surface area contributed by atoms with Crippen molar-refractivity contribution in [3.63, 3.8) is 0 Å². The first-order chi connectivity index (χ1) is 14.5. The van der Waals surface area contributed by atoms with E-state index in [9.17, 15) is 18.7 Å². The summed E-state index contributed by atoms with van der Waals surface area (Å²) in [7, 11) is 1.58. The molecule has 1 fully saturated rings. The molecule has 0 bridgehead atoms. The molecular formula is C22H26F2N2O4. The van der Waals surface area contributed by atoms with Crippen molar-refractivity contribution in [2.24, 2.45) is 0 Å². The van der Waals surface area contributed by atoms with Crippen molar-refractivity contribution in [2.45, 2.75) is 44.1 Å². The van der Waals surface area contributed by atoms with Crippen LogP contribution in [-0.4, -0.2) is 54.4 Å². The molecule has 0 spiro atoms. The van der Waals surface area contributed by atoms with E-state index in [2.05, 4.69) is 5.32 Å². The average molecular weight is 420 g/mol. The van der Waals surface area contributed by atoms with Gasteiger partial charge in [0.25, 0.3) is 6.43 Å². The molecule has 0 unspecified atom stereocenters. The zero-order valence-electron chi connectivity index (χ0n) is 16.7. The SMILES string of the molecule is COc1ccc(CN[C@H]2C[C@@H](C(F)F)N(C(=O)OCc3ccccc3)[C@H]2CO)cc1. The van der Waals surface area contributed by atoms with Crippen molar-refractivity contribution in [3.8, 4) is 5.75 Å². The molecule has 0 aliphatic carbocycles. The fraction of sp³-hybridized carbons (Fsp3) is 0.409. The zero-order chi connectivity index (χ0) is 21.5. The fourth-order valence-corrected chi connectivity index (χ4v) is 3.69. The lowest BCUT2D eigenvalue weighted by Crippen LogP contribution is -2.49. The van der Waals surface area contributed by atoms with Gasteiger partial charge in [-0.05, 0) is 29.7 Å². The van der Waals surface area contributed by atoms with Crippen molar-refractivity contribution in [1.29, 1.82) is 0 Å². The third-order valence-corrected chi connectivity index (χ3v) is 5.30. The van der Waals surface area contributed by atoms with E-state index >= 15 is 0 Å². The molecule has 0 aromatic heterocycles. The number of rotatable bonds is 8. The zero-order valence-corrected chi connectivity index (χ0v) is 16.7. The van der Waals surface area contributed by atoms with Crippen LogP contribution in [0.2, 0.25) is 0 Å². The minimum atomic E-state index is -2.74. The van der Waals surface area contributed by atoms with Crippen LogP contribution in [0.5, 0.6) is 5.75 Å². The van der Waals surface area contributed by atoms with Gasteiger partial charge in [0, 0.05) is 12.6 Å². The van der Waals surface area contributed by atoms with E-state index in [0.29, 0.717) is 6.54 Å². The number of carbonyl (C=O) groups is 1. The van der Waals surface area contributed by atoms with Crippen LogP contribution in [0.25, 0.3) is 0 Å². The molecule has 1 aliphatic rings. The number of carbonyl (C=O) groups excluding carboxylic acids is 1. The maximum atomic E-state index is 13.7. The van der Waals surface area contributed by atoms with Crippen LogP contribution in [0, 0.1) is 0 Å². The molecule has 2 aromatic carbocycles. The highest BCUT2D eigenvalue weighted by Gasteiger charge is 2.48. The summed E-state index contributed by atoms with van der Waals surface area (Å²) in [6.45, 7) is -0.0494. The summed E-state index contributed by atoms with van der Waals surface area (Å²) in [6.07, 6.45) is -3.56. The van der Waals surface area contributed by atoms with Crippen LogP contribution >= 0.6 is 0 Å². The molecule has 6 nitrogen and oxygen atoms in total. The Morgan fingerprint density at radius 2 is 1.87 bits per heavy atom. The van der Waals surface area contributed by atoms with Crippen LogP contribution < -0.4 is 10.1 Å². The molecule has 1 amide bonds. The number of nitrogens with zero attached hydrogens (tertiary/aromatic N) is 1. The normalized spacial score (nSPS) is 21.1. The molecule has 8 heteroatoms. The molecule has 162 valence electrons. The maximum Gasteiger partial charge on any atom is 0.410 e. The molecule has 1 aliphatic heterocycles. The molecule has 30 heavy (non-hydrogen) atoms. The molecule has 2 N–H and O–H groups in total. The summed E-state index contributed by atoms with van der Waals surface area (Å²) in [5.74, 6) is 0.720. The minimum Gasteiger partial charge on any atom is -0.497 e. The van der Waals surface area contributed by atoms with Crippen LogP contribution in [-0.2, 0) is 17.9 Å². The number of amides is 1. The molecular weight excluding hydrogens is 394 g/mol. The Morgan fingerprint density at radius 1 is 1.17 bits per heavy atom. The number of aliphatic hydroxyl groups excluding tert-OH is 1. The van der Waals surface area contributed by atoms with Gasteiger partial charge in [-0.3, -0.25) is 4.90 Å². The van der Waals surface area contributed by atoms with Crippen LogP contribution in [0.4, 0.5) is 13.6 Å². The van der Waals surface area contributed by atoms with Gasteiger partial charge in [0.1, 0.15) is 12.4 Å². The average Bonchev–Trinajstić information content (AvgIpc) is 3.16. The predicted molar refractivity (Wildman–Crippen MR) is 107 cm³/mol.